The number of nitrogens with one attached hydrogen (secondary N) is 2. The summed E-state index contributed by atoms with van der Waals surface area (Å²) < 4.78 is 23.2. The first-order chi connectivity index (χ1) is 27.6. The zero-order valence-electron chi connectivity index (χ0n) is 30.9. The Morgan fingerprint density at radius 2 is 1.39 bits per heavy atom. The van der Waals surface area contributed by atoms with Crippen LogP contribution in [0.3, 0.4) is 0 Å². The number of aryl methyl sites for hydroxylation is 2. The third-order valence-electron chi connectivity index (χ3n) is 9.90. The monoisotopic (exact) mass is 800 g/mol. The fourth-order valence-electron chi connectivity index (χ4n) is 7.33. The zero-order valence-corrected chi connectivity index (χ0v) is 32.4. The summed E-state index contributed by atoms with van der Waals surface area (Å²) >= 11 is 12.9. The van der Waals surface area contributed by atoms with Gasteiger partial charge in [-0.05, 0) is 91.2 Å². The van der Waals surface area contributed by atoms with Crippen LogP contribution in [0.15, 0.2) is 116 Å². The van der Waals surface area contributed by atoms with Gasteiger partial charge in [0, 0.05) is 41.2 Å². The molecule has 15 heteroatoms. The molecule has 0 saturated carbocycles. The van der Waals surface area contributed by atoms with Crippen LogP contribution in [0.2, 0.25) is 10.0 Å². The summed E-state index contributed by atoms with van der Waals surface area (Å²) in [7, 11) is 3.45. The number of rotatable bonds is 11. The molecule has 9 rings (SSSR count). The van der Waals surface area contributed by atoms with Crippen LogP contribution in [0.5, 0.6) is 0 Å². The minimum absolute atomic E-state index is 0.258. The third kappa shape index (κ3) is 6.69. The Morgan fingerprint density at radius 1 is 0.772 bits per heavy atom. The summed E-state index contributed by atoms with van der Waals surface area (Å²) in [6, 6.07) is 27.3. The molecule has 9 aromatic rings. The van der Waals surface area contributed by atoms with Crippen LogP contribution in [-0.4, -0.2) is 48.6 Å². The lowest BCUT2D eigenvalue weighted by Crippen LogP contribution is -2.31. The Morgan fingerprint density at radius 3 is 2.00 bits per heavy atom. The van der Waals surface area contributed by atoms with Gasteiger partial charge in [0.1, 0.15) is 22.2 Å². The van der Waals surface area contributed by atoms with Gasteiger partial charge in [0.15, 0.2) is 22.8 Å². The zero-order chi connectivity index (χ0) is 39.4. The number of nitrogens with zero attached hydrogens (tertiary/aromatic N) is 6. The molecule has 2 N–H and O–H groups in total. The predicted molar refractivity (Wildman–Crippen MR) is 223 cm³/mol. The minimum Gasteiger partial charge on any atom is -0.450 e. The fraction of sp³-hybridized carbons (Fsp3) is 0.167. The number of methoxy groups -OCH3 is 1. The van der Waals surface area contributed by atoms with Crippen LogP contribution in [0.25, 0.3) is 55.5 Å². The van der Waals surface area contributed by atoms with Crippen molar-refractivity contribution < 1.29 is 13.6 Å². The van der Waals surface area contributed by atoms with Gasteiger partial charge in [0.05, 0.1) is 36.3 Å². The Balaban J connectivity index is 1.11. The molecule has 1 unspecified atom stereocenters. The first-order valence-corrected chi connectivity index (χ1v) is 18.8. The number of furan rings is 2. The molecule has 0 aliphatic heterocycles. The number of halogens is 2. The van der Waals surface area contributed by atoms with E-state index < -0.39 is 11.4 Å². The molecule has 286 valence electrons. The second kappa shape index (κ2) is 14.6. The Hall–Kier alpha value is -6.41. The lowest BCUT2D eigenvalue weighted by Gasteiger charge is -2.20. The molecule has 13 nitrogen and oxygen atoms in total. The van der Waals surface area contributed by atoms with Crippen molar-refractivity contribution in [1.82, 2.24) is 28.9 Å². The van der Waals surface area contributed by atoms with Crippen molar-refractivity contribution in [3.8, 4) is 11.4 Å². The summed E-state index contributed by atoms with van der Waals surface area (Å²) in [6.07, 6.45) is 2.13. The summed E-state index contributed by atoms with van der Waals surface area (Å²) in [5.74, 6) is 0.568. The van der Waals surface area contributed by atoms with Gasteiger partial charge in [-0.2, -0.15) is 15.1 Å². The van der Waals surface area contributed by atoms with Crippen LogP contribution in [0, 0.1) is 6.92 Å². The van der Waals surface area contributed by atoms with E-state index in [0.717, 1.165) is 16.8 Å². The first-order valence-electron chi connectivity index (χ1n) is 18.1. The Labute approximate surface area is 334 Å². The predicted octanol–water partition coefficient (Wildman–Crippen LogP) is 8.21. The minimum atomic E-state index is -0.507. The third-order valence-corrected chi connectivity index (χ3v) is 10.4. The van der Waals surface area contributed by atoms with Crippen LogP contribution in [0.4, 0.5) is 11.6 Å². The Kier molecular flexibility index (Phi) is 9.27. The highest BCUT2D eigenvalue weighted by Crippen LogP contribution is 2.36. The molecule has 0 amide bonds. The highest BCUT2D eigenvalue weighted by Gasteiger charge is 2.24. The molecule has 0 radical (unpaired) electrons. The van der Waals surface area contributed by atoms with Crippen molar-refractivity contribution in [1.29, 1.82) is 0 Å². The molecular formula is C42H34Cl2N8O5. The van der Waals surface area contributed by atoms with Crippen LogP contribution >= 0.6 is 23.2 Å². The lowest BCUT2D eigenvalue weighted by atomic mass is 10.1. The molecule has 0 aliphatic rings. The van der Waals surface area contributed by atoms with Crippen LogP contribution in [0.1, 0.15) is 16.8 Å². The van der Waals surface area contributed by atoms with Gasteiger partial charge >= 0.3 is 11.4 Å². The molecule has 57 heavy (non-hydrogen) atoms. The van der Waals surface area contributed by atoms with Gasteiger partial charge in [0.2, 0.25) is 0 Å². The van der Waals surface area contributed by atoms with Gasteiger partial charge in [-0.25, -0.2) is 9.59 Å². The molecule has 0 aliphatic carbocycles. The van der Waals surface area contributed by atoms with Crippen molar-refractivity contribution in [3.05, 3.63) is 145 Å². The van der Waals surface area contributed by atoms with Crippen LogP contribution in [-0.2, 0) is 24.8 Å². The summed E-state index contributed by atoms with van der Waals surface area (Å²) in [6.45, 7) is 2.59. The second-order valence-electron chi connectivity index (χ2n) is 13.8. The average molecular weight is 802 g/mol. The normalized spacial score (nSPS) is 12.3. The van der Waals surface area contributed by atoms with Crippen molar-refractivity contribution in [2.75, 3.05) is 24.4 Å². The Bertz CT molecular complexity index is 3130. The van der Waals surface area contributed by atoms with Crippen molar-refractivity contribution in [2.24, 2.45) is 7.05 Å². The SMILES string of the molecule is COCC(Cc1cccc(-n2c(=O)nc(NCc3ccnn3C)c3oc4ccc(Cl)cc4c32)c1)Nc1nc(=O)n(-c2cccc(C)c2)c2c1oc1ccc(Cl)cc12. The second-order valence-corrected chi connectivity index (χ2v) is 14.7. The molecule has 0 bridgehead atoms. The molecule has 5 aromatic heterocycles. The largest absolute Gasteiger partial charge is 0.450 e. The van der Waals surface area contributed by atoms with E-state index >= 15 is 0 Å². The van der Waals surface area contributed by atoms with Crippen molar-refractivity contribution in [2.45, 2.75) is 25.9 Å². The van der Waals surface area contributed by atoms with E-state index in [4.69, 9.17) is 36.8 Å². The van der Waals surface area contributed by atoms with Gasteiger partial charge < -0.3 is 24.2 Å². The molecule has 1 atom stereocenters. The average Bonchev–Trinajstić information content (AvgIpc) is 3.89. The van der Waals surface area contributed by atoms with Gasteiger partial charge in [-0.3, -0.25) is 13.8 Å². The van der Waals surface area contributed by atoms with E-state index in [-0.39, 0.29) is 18.5 Å². The van der Waals surface area contributed by atoms with E-state index in [1.807, 2.05) is 68.6 Å². The highest BCUT2D eigenvalue weighted by molar-refractivity contribution is 6.32. The smallest absolute Gasteiger partial charge is 0.354 e. The summed E-state index contributed by atoms with van der Waals surface area (Å²) in [5.41, 5.74) is 5.95. The van der Waals surface area contributed by atoms with Crippen molar-refractivity contribution >= 4 is 79.0 Å². The molecular weight excluding hydrogens is 767 g/mol. The van der Waals surface area contributed by atoms with Gasteiger partial charge in [-0.15, -0.1) is 0 Å². The maximum absolute atomic E-state index is 14.0. The first kappa shape index (κ1) is 36.2. The molecule has 4 aromatic carbocycles. The van der Waals surface area contributed by atoms with E-state index in [1.54, 1.807) is 59.0 Å². The number of fused-ring (bicyclic) bond motifs is 6. The molecule has 0 spiro atoms. The molecule has 0 saturated heterocycles. The maximum atomic E-state index is 14.0. The molecule has 0 fully saturated rings. The van der Waals surface area contributed by atoms with E-state index in [1.165, 1.54) is 4.57 Å². The maximum Gasteiger partial charge on any atom is 0.354 e. The number of hydrogen-bond donors (Lipinski definition) is 2. The standard InChI is InChI=1S/C42H34Cl2N8O5/c1-23-6-4-8-28(16-23)51-36-32-20-26(44)11-13-34(32)57-38(36)40(49-42(51)54)47-27(22-55-3)17-24-7-5-9-29(18-24)52-35-31-19-25(43)10-12-33(31)56-37(35)39(48-41(52)53)45-21-30-14-15-46-50(30)2/h4-16,18-20,27H,17,21-22H2,1-3H3,(H,45,48,53)(H,47,49,54). The highest BCUT2D eigenvalue weighted by atomic mass is 35.5. The van der Waals surface area contributed by atoms with Crippen molar-refractivity contribution in [3.63, 3.8) is 0 Å². The molecule has 5 heterocycles. The number of ether oxygens (including phenoxy) is 1. The number of anilines is 2. The topological polar surface area (TPSA) is 147 Å². The van der Waals surface area contributed by atoms with Gasteiger partial charge in [-0.1, -0.05) is 47.5 Å². The van der Waals surface area contributed by atoms with Gasteiger partial charge in [0.25, 0.3) is 0 Å². The quantitative estimate of drug-likeness (QED) is 0.131. The van der Waals surface area contributed by atoms with E-state index in [0.29, 0.717) is 84.3 Å². The number of hydrogen-bond acceptors (Lipinski definition) is 10. The number of aromatic nitrogens is 6. The summed E-state index contributed by atoms with van der Waals surface area (Å²) in [4.78, 5) is 36.9. The lowest BCUT2D eigenvalue weighted by molar-refractivity contribution is 0.185. The van der Waals surface area contributed by atoms with E-state index in [2.05, 4.69) is 25.7 Å². The van der Waals surface area contributed by atoms with E-state index in [9.17, 15) is 9.59 Å². The number of benzene rings is 4. The van der Waals surface area contributed by atoms with Crippen LogP contribution < -0.4 is 22.0 Å². The summed E-state index contributed by atoms with van der Waals surface area (Å²) in [5, 5.41) is 13.3. The fourth-order valence-corrected chi connectivity index (χ4v) is 7.67.